The molecule has 240 valence electrons. The Morgan fingerprint density at radius 2 is 1.71 bits per heavy atom. The van der Waals surface area contributed by atoms with Crippen LogP contribution >= 0.6 is 0 Å². The fourth-order valence-corrected chi connectivity index (χ4v) is 6.79. The predicted octanol–water partition coefficient (Wildman–Crippen LogP) is 0.243. The molecule has 3 heterocycles. The van der Waals surface area contributed by atoms with Gasteiger partial charge in [0.25, 0.3) is 5.91 Å². The molecule has 4 rings (SSSR count). The van der Waals surface area contributed by atoms with Crippen LogP contribution in [0.15, 0.2) is 0 Å². The number of halogens is 3. The molecule has 3 atom stereocenters. The van der Waals surface area contributed by atoms with Crippen molar-refractivity contribution in [3.05, 3.63) is 0 Å². The minimum absolute atomic E-state index is 0.107. The van der Waals surface area contributed by atoms with Gasteiger partial charge in [-0.1, -0.05) is 19.3 Å². The predicted molar refractivity (Wildman–Crippen MR) is 137 cm³/mol. The van der Waals surface area contributed by atoms with E-state index in [1.165, 1.54) is 4.90 Å². The van der Waals surface area contributed by atoms with Gasteiger partial charge in [-0.25, -0.2) is 13.2 Å². The number of nitrogens with zero attached hydrogens (tertiary/aromatic N) is 1. The highest BCUT2D eigenvalue weighted by Crippen LogP contribution is 2.39. The van der Waals surface area contributed by atoms with Gasteiger partial charge >= 0.3 is 28.5 Å². The molecular formula is C25H39F3N3O10S+. The van der Waals surface area contributed by atoms with Gasteiger partial charge in [0.05, 0.1) is 31.7 Å². The van der Waals surface area contributed by atoms with E-state index in [0.717, 1.165) is 45.2 Å². The Balaban J connectivity index is 0.000000616. The third kappa shape index (κ3) is 8.76. The lowest BCUT2D eigenvalue weighted by Crippen LogP contribution is -2.87. The quantitative estimate of drug-likeness (QED) is 0.299. The molecule has 4 aliphatic rings. The normalized spacial score (nSPS) is 26.1. The van der Waals surface area contributed by atoms with Gasteiger partial charge < -0.3 is 25.4 Å². The molecule has 4 N–H and O–H groups in total. The highest BCUT2D eigenvalue weighted by Gasteiger charge is 2.52. The van der Waals surface area contributed by atoms with Crippen LogP contribution in [0.3, 0.4) is 0 Å². The van der Waals surface area contributed by atoms with Gasteiger partial charge in [0, 0.05) is 31.3 Å². The second kappa shape index (κ2) is 14.3. The Kier molecular flexibility index (Phi) is 11.6. The molecule has 13 nitrogen and oxygen atoms in total. The molecule has 4 fully saturated rings. The molecule has 0 radical (unpaired) electrons. The maximum atomic E-state index is 13.1. The number of hydrogen-bond acceptors (Lipinski definition) is 9. The minimum atomic E-state index is -5.08. The Bertz CT molecular complexity index is 1090. The molecule has 3 saturated heterocycles. The smallest absolute Gasteiger partial charge is 0.475 e. The number of aliphatic carboxylic acids is 1. The lowest BCUT2D eigenvalue weighted by Gasteiger charge is -2.34. The number of amides is 2. The number of alkyl halides is 3. The first kappa shape index (κ1) is 34.0. The average Bonchev–Trinajstić information content (AvgIpc) is 3.17. The number of nitrogens with one attached hydrogen (secondary N) is 1. The number of carbonyl (C=O) groups is 4. The van der Waals surface area contributed by atoms with Crippen molar-refractivity contribution in [2.45, 2.75) is 89.1 Å². The third-order valence-corrected chi connectivity index (χ3v) is 8.97. The first-order valence-electron chi connectivity index (χ1n) is 14.2. The van der Waals surface area contributed by atoms with Crippen molar-refractivity contribution in [1.82, 2.24) is 10.2 Å². The SMILES string of the molecule is CCOC(=O)C1(COS(=O)(=O)OC2C(=O)N3C[C@H]2CC[C@H]3C(=O)NC2CC[NH2+]CC2)CCCCC1.O=C(O)C(F)(F)F. The van der Waals surface area contributed by atoms with Crippen molar-refractivity contribution < 1.29 is 64.3 Å². The zero-order chi connectivity index (χ0) is 31.1. The van der Waals surface area contributed by atoms with Crippen molar-refractivity contribution in [2.24, 2.45) is 11.3 Å². The van der Waals surface area contributed by atoms with E-state index in [4.69, 9.17) is 23.0 Å². The van der Waals surface area contributed by atoms with Crippen molar-refractivity contribution in [3.8, 4) is 0 Å². The topological polar surface area (TPSA) is 182 Å². The average molecular weight is 631 g/mol. The van der Waals surface area contributed by atoms with Crippen molar-refractivity contribution >= 4 is 34.2 Å². The van der Waals surface area contributed by atoms with Crippen LogP contribution < -0.4 is 10.6 Å². The molecule has 1 aliphatic carbocycles. The first-order chi connectivity index (χ1) is 19.7. The molecule has 3 aliphatic heterocycles. The number of rotatable bonds is 9. The zero-order valence-electron chi connectivity index (χ0n) is 23.4. The van der Waals surface area contributed by atoms with Crippen LogP contribution in [0.1, 0.15) is 64.7 Å². The number of esters is 1. The van der Waals surface area contributed by atoms with Gasteiger partial charge in [0.2, 0.25) is 5.91 Å². The minimum Gasteiger partial charge on any atom is -0.475 e. The number of fused-ring (bicyclic) bond motifs is 2. The van der Waals surface area contributed by atoms with E-state index >= 15 is 0 Å². The lowest BCUT2D eigenvalue weighted by atomic mass is 9.75. The summed E-state index contributed by atoms with van der Waals surface area (Å²) in [4.78, 5) is 48.9. The van der Waals surface area contributed by atoms with Crippen LogP contribution in [0.5, 0.6) is 0 Å². The zero-order valence-corrected chi connectivity index (χ0v) is 24.2. The van der Waals surface area contributed by atoms with Crippen LogP contribution in [0.2, 0.25) is 0 Å². The van der Waals surface area contributed by atoms with Gasteiger partial charge in [-0.2, -0.15) is 21.6 Å². The molecule has 1 unspecified atom stereocenters. The van der Waals surface area contributed by atoms with E-state index in [1.807, 2.05) is 0 Å². The summed E-state index contributed by atoms with van der Waals surface area (Å²) in [6.07, 6.45) is -0.0504. The van der Waals surface area contributed by atoms with Crippen LogP contribution in [0.4, 0.5) is 13.2 Å². The molecule has 0 aromatic carbocycles. The van der Waals surface area contributed by atoms with E-state index < -0.39 is 52.0 Å². The maximum absolute atomic E-state index is 13.1. The summed E-state index contributed by atoms with van der Waals surface area (Å²) < 4.78 is 72.8. The van der Waals surface area contributed by atoms with Crippen molar-refractivity contribution in [1.29, 1.82) is 0 Å². The number of carboxylic acid groups (broad SMARTS) is 1. The van der Waals surface area contributed by atoms with Crippen molar-refractivity contribution in [3.63, 3.8) is 0 Å². The Morgan fingerprint density at radius 1 is 1.10 bits per heavy atom. The Morgan fingerprint density at radius 3 is 2.29 bits per heavy atom. The number of quaternary nitrogens is 1. The molecule has 0 aromatic heterocycles. The van der Waals surface area contributed by atoms with Gasteiger partial charge in [0.1, 0.15) is 6.04 Å². The Labute approximate surface area is 242 Å². The number of piperidine rings is 2. The summed E-state index contributed by atoms with van der Waals surface area (Å²) in [6.45, 7) is 3.74. The fraction of sp³-hybridized carbons (Fsp3) is 0.840. The van der Waals surface area contributed by atoms with Gasteiger partial charge in [0.15, 0.2) is 6.10 Å². The van der Waals surface area contributed by atoms with Gasteiger partial charge in [-0.15, -0.1) is 0 Å². The molecule has 2 amide bonds. The monoisotopic (exact) mass is 630 g/mol. The maximum Gasteiger partial charge on any atom is 0.490 e. The molecule has 1 saturated carbocycles. The molecular weight excluding hydrogens is 591 g/mol. The first-order valence-corrected chi connectivity index (χ1v) is 15.5. The molecule has 0 aromatic rings. The van der Waals surface area contributed by atoms with E-state index in [9.17, 15) is 36.0 Å². The van der Waals surface area contributed by atoms with Crippen LogP contribution in [-0.4, -0.2) is 99.4 Å². The second-order valence-electron chi connectivity index (χ2n) is 11.0. The Hall–Kier alpha value is -2.50. The van der Waals surface area contributed by atoms with Crippen molar-refractivity contribution in [2.75, 3.05) is 32.8 Å². The number of carboxylic acids is 1. The van der Waals surface area contributed by atoms with Gasteiger partial charge in [-0.3, -0.25) is 14.4 Å². The van der Waals surface area contributed by atoms with E-state index in [0.29, 0.717) is 25.7 Å². The summed E-state index contributed by atoms with van der Waals surface area (Å²) in [7, 11) is -4.54. The summed E-state index contributed by atoms with van der Waals surface area (Å²) in [6, 6.07) is -0.508. The number of carbonyl (C=O) groups excluding carboxylic acids is 3. The summed E-state index contributed by atoms with van der Waals surface area (Å²) in [5.41, 5.74) is -1.02. The largest absolute Gasteiger partial charge is 0.490 e. The third-order valence-electron chi connectivity index (χ3n) is 8.12. The number of ether oxygens (including phenoxy) is 1. The van der Waals surface area contributed by atoms with Crippen LogP contribution in [-0.2, 0) is 42.7 Å². The highest BCUT2D eigenvalue weighted by atomic mass is 32.3. The second-order valence-corrected chi connectivity index (χ2v) is 12.3. The standard InChI is InChI=1S/C23H37N3O8S.C2HF3O2/c1-2-32-22(29)23(10-4-3-5-11-23)15-33-35(30,31)34-19-16-6-7-18(26(14-16)21(19)28)20(27)25-17-8-12-24-13-9-17;3-2(4,5)1(6)7/h16-19,24H,2-15H2,1H3,(H,25,27);(H,6,7)/p+1/t16-,18+,19?;/m1./s1. The molecule has 2 bridgehead atoms. The van der Waals surface area contributed by atoms with Crippen LogP contribution in [0.25, 0.3) is 0 Å². The lowest BCUT2D eigenvalue weighted by molar-refractivity contribution is -0.663. The fourth-order valence-electron chi connectivity index (χ4n) is 5.88. The highest BCUT2D eigenvalue weighted by molar-refractivity contribution is 7.81. The summed E-state index contributed by atoms with van der Waals surface area (Å²) >= 11 is 0. The molecule has 0 spiro atoms. The van der Waals surface area contributed by atoms with E-state index in [-0.39, 0.29) is 37.6 Å². The molecule has 42 heavy (non-hydrogen) atoms. The van der Waals surface area contributed by atoms with E-state index in [2.05, 4.69) is 10.6 Å². The summed E-state index contributed by atoms with van der Waals surface area (Å²) in [5.74, 6) is -4.24. The number of nitrogens with two attached hydrogens (primary N) is 1. The van der Waals surface area contributed by atoms with Crippen LogP contribution in [0, 0.1) is 11.3 Å². The van der Waals surface area contributed by atoms with Gasteiger partial charge in [-0.05, 0) is 32.6 Å². The number of hydrogen-bond donors (Lipinski definition) is 3. The summed E-state index contributed by atoms with van der Waals surface area (Å²) in [5, 5.41) is 12.4. The molecule has 17 heteroatoms. The van der Waals surface area contributed by atoms with E-state index in [1.54, 1.807) is 6.92 Å².